The van der Waals surface area contributed by atoms with E-state index in [-0.39, 0.29) is 23.9 Å². The minimum absolute atomic E-state index is 0.0162. The zero-order chi connectivity index (χ0) is 25.7. The average molecular weight is 618 g/mol. The van der Waals surface area contributed by atoms with Crippen LogP contribution in [0.25, 0.3) is 6.08 Å². The maximum absolute atomic E-state index is 13.9. The number of ether oxygens (including phenoxy) is 2. The SMILES string of the molecule is COc1cc(/C=C2\SC(=O)N(CC(=O)Nc3ccccc3)C2=O)cc(I)c1OCc1ccccc1F. The molecule has 0 atom stereocenters. The quantitative estimate of drug-likeness (QED) is 0.258. The van der Waals surface area contributed by atoms with Gasteiger partial charge in [-0.05, 0) is 76.3 Å². The van der Waals surface area contributed by atoms with Gasteiger partial charge in [-0.3, -0.25) is 19.3 Å². The van der Waals surface area contributed by atoms with Crippen LogP contribution in [0, 0.1) is 9.39 Å². The van der Waals surface area contributed by atoms with E-state index in [9.17, 15) is 18.8 Å². The Morgan fingerprint density at radius 2 is 1.83 bits per heavy atom. The van der Waals surface area contributed by atoms with Crippen molar-refractivity contribution in [3.63, 3.8) is 0 Å². The van der Waals surface area contributed by atoms with Gasteiger partial charge in [-0.2, -0.15) is 0 Å². The lowest BCUT2D eigenvalue weighted by Crippen LogP contribution is -2.36. The van der Waals surface area contributed by atoms with Gasteiger partial charge in [0.2, 0.25) is 5.91 Å². The summed E-state index contributed by atoms with van der Waals surface area (Å²) in [7, 11) is 1.48. The van der Waals surface area contributed by atoms with Gasteiger partial charge in [0.1, 0.15) is 19.0 Å². The van der Waals surface area contributed by atoms with Crippen molar-refractivity contribution < 1.29 is 28.2 Å². The molecule has 3 aromatic carbocycles. The van der Waals surface area contributed by atoms with Crippen LogP contribution in [0.2, 0.25) is 0 Å². The molecule has 3 amide bonds. The minimum atomic E-state index is -0.554. The van der Waals surface area contributed by atoms with Crippen LogP contribution in [0.5, 0.6) is 11.5 Å². The molecule has 0 bridgehead atoms. The van der Waals surface area contributed by atoms with E-state index >= 15 is 0 Å². The number of benzene rings is 3. The highest BCUT2D eigenvalue weighted by Gasteiger charge is 2.36. The molecule has 1 N–H and O–H groups in total. The molecule has 1 aliphatic heterocycles. The second kappa shape index (κ2) is 11.6. The lowest BCUT2D eigenvalue weighted by atomic mass is 10.1. The molecule has 0 unspecified atom stereocenters. The van der Waals surface area contributed by atoms with Gasteiger partial charge in [-0.25, -0.2) is 4.39 Å². The van der Waals surface area contributed by atoms with Gasteiger partial charge in [-0.15, -0.1) is 0 Å². The molecule has 4 rings (SSSR count). The number of halogens is 2. The molecule has 1 aliphatic rings. The fourth-order valence-corrected chi connectivity index (χ4v) is 5.00. The number of para-hydroxylation sites is 1. The Kier molecular flexibility index (Phi) is 8.26. The highest BCUT2D eigenvalue weighted by atomic mass is 127. The minimum Gasteiger partial charge on any atom is -0.493 e. The van der Waals surface area contributed by atoms with E-state index < -0.39 is 17.1 Å². The molecule has 1 heterocycles. The van der Waals surface area contributed by atoms with Gasteiger partial charge in [0.05, 0.1) is 15.6 Å². The van der Waals surface area contributed by atoms with E-state index in [0.717, 1.165) is 16.7 Å². The van der Waals surface area contributed by atoms with Crippen molar-refractivity contribution in [2.24, 2.45) is 0 Å². The van der Waals surface area contributed by atoms with Crippen molar-refractivity contribution in [3.8, 4) is 11.5 Å². The summed E-state index contributed by atoms with van der Waals surface area (Å²) in [5.41, 5.74) is 1.59. The zero-order valence-electron chi connectivity index (χ0n) is 19.0. The number of anilines is 1. The highest BCUT2D eigenvalue weighted by Crippen LogP contribution is 2.37. The number of methoxy groups -OCH3 is 1. The summed E-state index contributed by atoms with van der Waals surface area (Å²) in [6.07, 6.45) is 1.56. The Labute approximate surface area is 224 Å². The normalized spacial score (nSPS) is 14.3. The molecule has 10 heteroatoms. The Morgan fingerprint density at radius 3 is 2.56 bits per heavy atom. The second-order valence-corrected chi connectivity index (χ2v) is 9.75. The summed E-state index contributed by atoms with van der Waals surface area (Å²) in [6, 6.07) is 18.5. The van der Waals surface area contributed by atoms with Crippen LogP contribution in [0.1, 0.15) is 11.1 Å². The van der Waals surface area contributed by atoms with Gasteiger partial charge >= 0.3 is 0 Å². The summed E-state index contributed by atoms with van der Waals surface area (Å²) in [6.45, 7) is -0.372. The van der Waals surface area contributed by atoms with E-state index in [1.165, 1.54) is 13.2 Å². The van der Waals surface area contributed by atoms with Crippen molar-refractivity contribution in [1.29, 1.82) is 0 Å². The van der Waals surface area contributed by atoms with E-state index in [1.54, 1.807) is 60.7 Å². The van der Waals surface area contributed by atoms with Crippen LogP contribution in [0.15, 0.2) is 71.6 Å². The summed E-state index contributed by atoms with van der Waals surface area (Å²) < 4.78 is 25.9. The third-order valence-electron chi connectivity index (χ3n) is 5.11. The molecule has 7 nitrogen and oxygen atoms in total. The summed E-state index contributed by atoms with van der Waals surface area (Å²) in [5.74, 6) is -0.564. The number of hydrogen-bond acceptors (Lipinski definition) is 6. The molecular weight excluding hydrogens is 598 g/mol. The Balaban J connectivity index is 1.48. The maximum Gasteiger partial charge on any atom is 0.294 e. The van der Waals surface area contributed by atoms with Crippen LogP contribution in [-0.2, 0) is 16.2 Å². The van der Waals surface area contributed by atoms with E-state index in [1.807, 2.05) is 6.07 Å². The fourth-order valence-electron chi connectivity index (χ4n) is 3.38. The molecule has 1 fully saturated rings. The Morgan fingerprint density at radius 1 is 1.11 bits per heavy atom. The monoisotopic (exact) mass is 618 g/mol. The van der Waals surface area contributed by atoms with Gasteiger partial charge < -0.3 is 14.8 Å². The van der Waals surface area contributed by atoms with Crippen molar-refractivity contribution >= 4 is 63.2 Å². The third-order valence-corrected chi connectivity index (χ3v) is 6.82. The first-order chi connectivity index (χ1) is 17.4. The number of nitrogens with one attached hydrogen (secondary N) is 1. The largest absolute Gasteiger partial charge is 0.493 e. The molecule has 0 radical (unpaired) electrons. The predicted molar refractivity (Wildman–Crippen MR) is 144 cm³/mol. The first-order valence-electron chi connectivity index (χ1n) is 10.7. The van der Waals surface area contributed by atoms with E-state index in [4.69, 9.17) is 9.47 Å². The Hall–Kier alpha value is -3.38. The number of imide groups is 1. The number of thioether (sulfide) groups is 1. The number of carbonyl (C=O) groups is 3. The third kappa shape index (κ3) is 6.05. The number of nitrogens with zero attached hydrogens (tertiary/aromatic N) is 1. The first-order valence-corrected chi connectivity index (χ1v) is 12.6. The van der Waals surface area contributed by atoms with Crippen molar-refractivity contribution in [3.05, 3.63) is 92.1 Å². The van der Waals surface area contributed by atoms with Crippen LogP contribution in [-0.4, -0.2) is 35.6 Å². The average Bonchev–Trinajstić information content (AvgIpc) is 3.11. The number of rotatable bonds is 8. The predicted octanol–water partition coefficient (Wildman–Crippen LogP) is 5.69. The molecule has 36 heavy (non-hydrogen) atoms. The second-order valence-electron chi connectivity index (χ2n) is 7.60. The summed E-state index contributed by atoms with van der Waals surface area (Å²) in [4.78, 5) is 38.7. The summed E-state index contributed by atoms with van der Waals surface area (Å²) in [5, 5.41) is 2.13. The smallest absolute Gasteiger partial charge is 0.294 e. The topological polar surface area (TPSA) is 84.9 Å². The number of amides is 3. The lowest BCUT2D eigenvalue weighted by molar-refractivity contribution is -0.127. The molecule has 1 saturated heterocycles. The van der Waals surface area contributed by atoms with Gasteiger partial charge in [0, 0.05) is 11.3 Å². The van der Waals surface area contributed by atoms with Gasteiger partial charge in [0.25, 0.3) is 11.1 Å². The molecule has 0 aliphatic carbocycles. The van der Waals surface area contributed by atoms with Crippen molar-refractivity contribution in [2.75, 3.05) is 19.0 Å². The van der Waals surface area contributed by atoms with Gasteiger partial charge in [0.15, 0.2) is 11.5 Å². The molecule has 0 spiro atoms. The number of carbonyl (C=O) groups excluding carboxylic acids is 3. The maximum atomic E-state index is 13.9. The van der Waals surface area contributed by atoms with Crippen LogP contribution in [0.4, 0.5) is 14.9 Å². The van der Waals surface area contributed by atoms with Crippen LogP contribution in [0.3, 0.4) is 0 Å². The molecule has 3 aromatic rings. The van der Waals surface area contributed by atoms with Crippen molar-refractivity contribution in [1.82, 2.24) is 4.90 Å². The van der Waals surface area contributed by atoms with E-state index in [2.05, 4.69) is 27.9 Å². The van der Waals surface area contributed by atoms with Gasteiger partial charge in [-0.1, -0.05) is 36.4 Å². The van der Waals surface area contributed by atoms with Crippen molar-refractivity contribution in [2.45, 2.75) is 6.61 Å². The molecule has 184 valence electrons. The van der Waals surface area contributed by atoms with Crippen LogP contribution < -0.4 is 14.8 Å². The number of hydrogen-bond donors (Lipinski definition) is 1. The molecule has 0 aromatic heterocycles. The van der Waals surface area contributed by atoms with Crippen LogP contribution >= 0.6 is 34.4 Å². The Bertz CT molecular complexity index is 1350. The zero-order valence-corrected chi connectivity index (χ0v) is 22.0. The molecular formula is C26H20FIN2O5S. The fraction of sp³-hybridized carbons (Fsp3) is 0.115. The standard InChI is InChI=1S/C26H20FIN2O5S/c1-34-21-12-16(11-20(28)24(21)35-15-17-7-5-6-10-19(17)27)13-22-25(32)30(26(33)36-22)14-23(31)29-18-8-3-2-4-9-18/h2-13H,14-15H2,1H3,(H,29,31)/b22-13-. The highest BCUT2D eigenvalue weighted by molar-refractivity contribution is 14.1. The first kappa shape index (κ1) is 25.7. The summed E-state index contributed by atoms with van der Waals surface area (Å²) >= 11 is 2.82. The van der Waals surface area contributed by atoms with E-state index in [0.29, 0.717) is 31.9 Å². The lowest BCUT2D eigenvalue weighted by Gasteiger charge is -2.14. The molecule has 0 saturated carbocycles.